The van der Waals surface area contributed by atoms with Gasteiger partial charge in [-0.15, -0.1) is 0 Å². The molecular weight excluding hydrogens is 322 g/mol. The van der Waals surface area contributed by atoms with Crippen molar-refractivity contribution in [1.29, 1.82) is 0 Å². The van der Waals surface area contributed by atoms with Crippen molar-refractivity contribution in [3.63, 3.8) is 0 Å². The van der Waals surface area contributed by atoms with Gasteiger partial charge < -0.3 is 5.32 Å². The van der Waals surface area contributed by atoms with Gasteiger partial charge in [0.15, 0.2) is 0 Å². The standard InChI is InChI=1S/C19H19NO3S/c1-14(2)19(21)20-18(16-7-5-4-6-8-16)13-24(22,23)17-11-9-15(3)10-12-17/h4-13H,1H2,2-3H3,(H,20,21)/b18-13-. The Morgan fingerprint density at radius 3 is 2.17 bits per heavy atom. The quantitative estimate of drug-likeness (QED) is 0.847. The van der Waals surface area contributed by atoms with Crippen molar-refractivity contribution < 1.29 is 13.2 Å². The molecule has 0 atom stereocenters. The summed E-state index contributed by atoms with van der Waals surface area (Å²) in [4.78, 5) is 12.1. The largest absolute Gasteiger partial charge is 0.321 e. The van der Waals surface area contributed by atoms with Crippen molar-refractivity contribution in [1.82, 2.24) is 5.32 Å². The van der Waals surface area contributed by atoms with E-state index in [9.17, 15) is 13.2 Å². The van der Waals surface area contributed by atoms with Crippen LogP contribution in [0.4, 0.5) is 0 Å². The molecule has 124 valence electrons. The number of amides is 1. The molecule has 1 amide bonds. The number of sulfone groups is 1. The van der Waals surface area contributed by atoms with Crippen molar-refractivity contribution >= 4 is 21.4 Å². The van der Waals surface area contributed by atoms with Gasteiger partial charge in [0, 0.05) is 5.57 Å². The normalized spacial score (nSPS) is 11.8. The van der Waals surface area contributed by atoms with Crippen molar-refractivity contribution in [2.45, 2.75) is 18.7 Å². The van der Waals surface area contributed by atoms with Gasteiger partial charge in [-0.2, -0.15) is 0 Å². The minimum atomic E-state index is -3.70. The molecule has 0 aliphatic carbocycles. The van der Waals surface area contributed by atoms with Gasteiger partial charge in [0.25, 0.3) is 5.91 Å². The summed E-state index contributed by atoms with van der Waals surface area (Å²) in [6.45, 7) is 7.02. The summed E-state index contributed by atoms with van der Waals surface area (Å²) in [5.74, 6) is -0.427. The van der Waals surface area contributed by atoms with Crippen LogP contribution in [0.15, 0.2) is 77.1 Å². The van der Waals surface area contributed by atoms with Crippen LogP contribution in [0.5, 0.6) is 0 Å². The molecule has 0 aromatic heterocycles. The molecule has 1 N–H and O–H groups in total. The molecule has 2 rings (SSSR count). The maximum atomic E-state index is 12.6. The van der Waals surface area contributed by atoms with E-state index in [-0.39, 0.29) is 10.6 Å². The van der Waals surface area contributed by atoms with Crippen LogP contribution in [-0.2, 0) is 14.6 Å². The van der Waals surface area contributed by atoms with Gasteiger partial charge in [0.05, 0.1) is 16.0 Å². The van der Waals surface area contributed by atoms with E-state index in [2.05, 4.69) is 11.9 Å². The Bertz CT molecular complexity index is 880. The van der Waals surface area contributed by atoms with E-state index in [1.54, 1.807) is 55.5 Å². The van der Waals surface area contributed by atoms with Crippen molar-refractivity contribution in [2.75, 3.05) is 0 Å². The molecule has 0 aliphatic heterocycles. The van der Waals surface area contributed by atoms with Crippen LogP contribution in [0, 0.1) is 6.92 Å². The predicted octanol–water partition coefficient (Wildman–Crippen LogP) is 3.46. The van der Waals surface area contributed by atoms with Gasteiger partial charge in [-0.05, 0) is 31.5 Å². The zero-order valence-electron chi connectivity index (χ0n) is 13.6. The summed E-state index contributed by atoms with van der Waals surface area (Å²) in [7, 11) is -3.70. The van der Waals surface area contributed by atoms with Gasteiger partial charge in [0.1, 0.15) is 0 Å². The van der Waals surface area contributed by atoms with Gasteiger partial charge in [-0.25, -0.2) is 8.42 Å². The predicted molar refractivity (Wildman–Crippen MR) is 95.7 cm³/mol. The maximum Gasteiger partial charge on any atom is 0.250 e. The first-order valence-corrected chi connectivity index (χ1v) is 8.90. The van der Waals surface area contributed by atoms with E-state index in [1.807, 2.05) is 13.0 Å². The molecule has 2 aromatic carbocycles. The molecule has 0 radical (unpaired) electrons. The summed E-state index contributed by atoms with van der Waals surface area (Å²) in [6.07, 6.45) is 0. The highest BCUT2D eigenvalue weighted by molar-refractivity contribution is 7.94. The summed E-state index contributed by atoms with van der Waals surface area (Å²) < 4.78 is 25.3. The monoisotopic (exact) mass is 341 g/mol. The molecule has 0 saturated carbocycles. The Balaban J connectivity index is 2.49. The molecule has 0 aliphatic rings. The van der Waals surface area contributed by atoms with Crippen LogP contribution in [0.25, 0.3) is 5.70 Å². The number of carbonyl (C=O) groups is 1. The van der Waals surface area contributed by atoms with Crippen molar-refractivity contribution in [3.8, 4) is 0 Å². The zero-order valence-corrected chi connectivity index (χ0v) is 14.4. The number of carbonyl (C=O) groups excluding carboxylic acids is 1. The van der Waals surface area contributed by atoms with Crippen LogP contribution in [0.1, 0.15) is 18.1 Å². The Morgan fingerprint density at radius 2 is 1.62 bits per heavy atom. The maximum absolute atomic E-state index is 12.6. The summed E-state index contributed by atoms with van der Waals surface area (Å²) in [5.41, 5.74) is 2.08. The third kappa shape index (κ3) is 4.43. The average molecular weight is 341 g/mol. The van der Waals surface area contributed by atoms with E-state index < -0.39 is 15.7 Å². The Kier molecular flexibility index (Phi) is 5.36. The summed E-state index contributed by atoms with van der Waals surface area (Å²) in [5, 5.41) is 3.69. The second-order valence-corrected chi connectivity index (χ2v) is 7.29. The fourth-order valence-electron chi connectivity index (χ4n) is 1.97. The van der Waals surface area contributed by atoms with Gasteiger partial charge in [-0.1, -0.05) is 54.6 Å². The number of hydrogen-bond donors (Lipinski definition) is 1. The lowest BCUT2D eigenvalue weighted by Gasteiger charge is -2.11. The summed E-state index contributed by atoms with van der Waals surface area (Å²) >= 11 is 0. The smallest absolute Gasteiger partial charge is 0.250 e. The molecule has 0 fully saturated rings. The van der Waals surface area contributed by atoms with Crippen LogP contribution in [0.2, 0.25) is 0 Å². The van der Waals surface area contributed by atoms with E-state index in [0.717, 1.165) is 11.0 Å². The third-order valence-electron chi connectivity index (χ3n) is 3.34. The SMILES string of the molecule is C=C(C)C(=O)N/C(=C\S(=O)(=O)c1ccc(C)cc1)c1ccccc1. The molecular formula is C19H19NO3S. The molecule has 0 unspecified atom stereocenters. The average Bonchev–Trinajstić information content (AvgIpc) is 2.55. The molecule has 0 bridgehead atoms. The van der Waals surface area contributed by atoms with Gasteiger partial charge in [0.2, 0.25) is 9.84 Å². The van der Waals surface area contributed by atoms with Gasteiger partial charge >= 0.3 is 0 Å². The fourth-order valence-corrected chi connectivity index (χ4v) is 3.12. The van der Waals surface area contributed by atoms with Crippen molar-refractivity contribution in [2.24, 2.45) is 0 Å². The fraction of sp³-hybridized carbons (Fsp3) is 0.105. The minimum absolute atomic E-state index is 0.172. The highest BCUT2D eigenvalue weighted by Gasteiger charge is 2.15. The number of benzene rings is 2. The molecule has 4 nitrogen and oxygen atoms in total. The minimum Gasteiger partial charge on any atom is -0.321 e. The van der Waals surface area contributed by atoms with E-state index >= 15 is 0 Å². The Labute approximate surface area is 142 Å². The van der Waals surface area contributed by atoms with Crippen LogP contribution in [-0.4, -0.2) is 14.3 Å². The molecule has 5 heteroatoms. The van der Waals surface area contributed by atoms with Gasteiger partial charge in [-0.3, -0.25) is 4.79 Å². The number of rotatable bonds is 5. The third-order valence-corrected chi connectivity index (χ3v) is 4.82. The Morgan fingerprint density at radius 1 is 1.04 bits per heavy atom. The lowest BCUT2D eigenvalue weighted by molar-refractivity contribution is -0.116. The number of nitrogens with one attached hydrogen (secondary N) is 1. The number of hydrogen-bond acceptors (Lipinski definition) is 3. The molecule has 0 heterocycles. The first kappa shape index (κ1) is 17.7. The number of aryl methyl sites for hydroxylation is 1. The second kappa shape index (κ2) is 7.27. The van der Waals surface area contributed by atoms with E-state index in [0.29, 0.717) is 11.1 Å². The lowest BCUT2D eigenvalue weighted by atomic mass is 10.1. The van der Waals surface area contributed by atoms with Crippen LogP contribution < -0.4 is 5.32 Å². The van der Waals surface area contributed by atoms with Crippen LogP contribution in [0.3, 0.4) is 0 Å². The zero-order chi connectivity index (χ0) is 17.7. The van der Waals surface area contributed by atoms with E-state index in [1.165, 1.54) is 0 Å². The lowest BCUT2D eigenvalue weighted by Crippen LogP contribution is -2.23. The molecule has 0 spiro atoms. The van der Waals surface area contributed by atoms with Crippen molar-refractivity contribution in [3.05, 3.63) is 83.3 Å². The highest BCUT2D eigenvalue weighted by atomic mass is 32.2. The molecule has 0 saturated heterocycles. The second-order valence-electron chi connectivity index (χ2n) is 5.49. The first-order chi connectivity index (χ1) is 11.3. The van der Waals surface area contributed by atoms with Crippen LogP contribution >= 0.6 is 0 Å². The van der Waals surface area contributed by atoms with E-state index in [4.69, 9.17) is 0 Å². The molecule has 2 aromatic rings. The highest BCUT2D eigenvalue weighted by Crippen LogP contribution is 2.19. The first-order valence-electron chi connectivity index (χ1n) is 7.35. The Hall–Kier alpha value is -2.66. The summed E-state index contributed by atoms with van der Waals surface area (Å²) in [6, 6.07) is 15.4. The molecule has 24 heavy (non-hydrogen) atoms. The topological polar surface area (TPSA) is 63.2 Å².